The van der Waals surface area contributed by atoms with E-state index in [-0.39, 0.29) is 11.8 Å². The van der Waals surface area contributed by atoms with E-state index in [1.807, 2.05) is 29.2 Å². The van der Waals surface area contributed by atoms with Gasteiger partial charge in [0.15, 0.2) is 0 Å². The van der Waals surface area contributed by atoms with Crippen LogP contribution in [0.15, 0.2) is 24.3 Å². The topological polar surface area (TPSA) is 49.4 Å². The van der Waals surface area contributed by atoms with E-state index in [0.29, 0.717) is 24.8 Å². The average molecular weight is 286 g/mol. The number of rotatable bonds is 5. The average Bonchev–Trinajstić information content (AvgIpc) is 3.09. The van der Waals surface area contributed by atoms with Gasteiger partial charge < -0.3 is 10.2 Å². The lowest BCUT2D eigenvalue weighted by atomic mass is 10.1. The van der Waals surface area contributed by atoms with Gasteiger partial charge in [0, 0.05) is 24.7 Å². The van der Waals surface area contributed by atoms with Crippen LogP contribution in [0.1, 0.15) is 38.2 Å². The van der Waals surface area contributed by atoms with Crippen LogP contribution in [0.25, 0.3) is 0 Å². The summed E-state index contributed by atoms with van der Waals surface area (Å²) in [5.41, 5.74) is 1.94. The number of amides is 2. The first kappa shape index (κ1) is 14.1. The van der Waals surface area contributed by atoms with Gasteiger partial charge in [-0.25, -0.2) is 0 Å². The molecule has 0 bridgehead atoms. The van der Waals surface area contributed by atoms with Crippen LogP contribution >= 0.6 is 0 Å². The highest BCUT2D eigenvalue weighted by molar-refractivity contribution is 5.95. The Morgan fingerprint density at radius 1 is 1.33 bits per heavy atom. The van der Waals surface area contributed by atoms with Crippen molar-refractivity contribution in [2.24, 2.45) is 5.92 Å². The van der Waals surface area contributed by atoms with Gasteiger partial charge in [-0.2, -0.15) is 0 Å². The molecule has 112 valence electrons. The third kappa shape index (κ3) is 3.26. The molecule has 2 aliphatic rings. The van der Waals surface area contributed by atoms with Crippen LogP contribution in [-0.4, -0.2) is 24.4 Å². The molecular weight excluding hydrogens is 264 g/mol. The molecule has 1 heterocycles. The summed E-state index contributed by atoms with van der Waals surface area (Å²) in [6, 6.07) is 8.18. The highest BCUT2D eigenvalue weighted by Gasteiger charge is 2.36. The molecule has 1 saturated carbocycles. The summed E-state index contributed by atoms with van der Waals surface area (Å²) in [4.78, 5) is 25.4. The minimum absolute atomic E-state index is 0.0981. The van der Waals surface area contributed by atoms with E-state index < -0.39 is 0 Å². The molecule has 0 unspecified atom stereocenters. The third-order valence-corrected chi connectivity index (χ3v) is 4.48. The zero-order valence-electron chi connectivity index (χ0n) is 12.5. The Bertz CT molecular complexity index is 538. The SMILES string of the molecule is CC[C@@H]1C[C@H]1NC(=O)Cc1ccc(N2CCCC2=O)cc1. The minimum atomic E-state index is 0.0981. The number of nitrogens with one attached hydrogen (secondary N) is 1. The molecule has 1 aliphatic carbocycles. The Kier molecular flexibility index (Phi) is 3.95. The summed E-state index contributed by atoms with van der Waals surface area (Å²) in [7, 11) is 0. The van der Waals surface area contributed by atoms with E-state index in [4.69, 9.17) is 0 Å². The first-order valence-electron chi connectivity index (χ1n) is 7.86. The van der Waals surface area contributed by atoms with Crippen molar-refractivity contribution >= 4 is 17.5 Å². The van der Waals surface area contributed by atoms with Gasteiger partial charge in [-0.1, -0.05) is 25.5 Å². The molecule has 2 amide bonds. The lowest BCUT2D eigenvalue weighted by Crippen LogP contribution is -2.28. The third-order valence-electron chi connectivity index (χ3n) is 4.48. The van der Waals surface area contributed by atoms with Crippen molar-refractivity contribution in [3.8, 4) is 0 Å². The molecule has 1 aromatic carbocycles. The van der Waals surface area contributed by atoms with Crippen LogP contribution in [-0.2, 0) is 16.0 Å². The van der Waals surface area contributed by atoms with Crippen LogP contribution in [0.2, 0.25) is 0 Å². The molecule has 2 atom stereocenters. The number of nitrogens with zero attached hydrogens (tertiary/aromatic N) is 1. The summed E-state index contributed by atoms with van der Waals surface area (Å²) in [5, 5.41) is 3.08. The van der Waals surface area contributed by atoms with Crippen molar-refractivity contribution in [3.63, 3.8) is 0 Å². The van der Waals surface area contributed by atoms with Crippen molar-refractivity contribution in [2.45, 2.75) is 45.1 Å². The van der Waals surface area contributed by atoms with Crippen molar-refractivity contribution in [1.29, 1.82) is 0 Å². The van der Waals surface area contributed by atoms with Crippen LogP contribution in [0.5, 0.6) is 0 Å². The van der Waals surface area contributed by atoms with Crippen molar-refractivity contribution in [1.82, 2.24) is 5.32 Å². The maximum absolute atomic E-state index is 11.9. The molecule has 0 aromatic heterocycles. The van der Waals surface area contributed by atoms with Gasteiger partial charge in [0.05, 0.1) is 6.42 Å². The van der Waals surface area contributed by atoms with E-state index >= 15 is 0 Å². The number of carbonyl (C=O) groups is 2. The summed E-state index contributed by atoms with van der Waals surface area (Å²) in [6.45, 7) is 2.97. The highest BCUT2D eigenvalue weighted by Crippen LogP contribution is 2.33. The molecule has 1 saturated heterocycles. The molecule has 4 heteroatoms. The fourth-order valence-electron chi connectivity index (χ4n) is 3.03. The van der Waals surface area contributed by atoms with Gasteiger partial charge in [-0.15, -0.1) is 0 Å². The quantitative estimate of drug-likeness (QED) is 0.902. The molecular formula is C17H22N2O2. The Balaban J connectivity index is 1.54. The summed E-state index contributed by atoms with van der Waals surface area (Å²) in [5.74, 6) is 0.971. The van der Waals surface area contributed by atoms with Gasteiger partial charge in [0.2, 0.25) is 11.8 Å². The van der Waals surface area contributed by atoms with E-state index in [2.05, 4.69) is 12.2 Å². The summed E-state index contributed by atoms with van der Waals surface area (Å²) in [6.07, 6.45) is 4.26. The molecule has 1 N–H and O–H groups in total. The first-order chi connectivity index (χ1) is 10.2. The fraction of sp³-hybridized carbons (Fsp3) is 0.529. The molecule has 0 radical (unpaired) electrons. The van der Waals surface area contributed by atoms with E-state index in [9.17, 15) is 9.59 Å². The molecule has 2 fully saturated rings. The predicted octanol–water partition coefficient (Wildman–Crippen LogP) is 2.27. The summed E-state index contributed by atoms with van der Waals surface area (Å²) >= 11 is 0. The van der Waals surface area contributed by atoms with Crippen molar-refractivity contribution < 1.29 is 9.59 Å². The maximum Gasteiger partial charge on any atom is 0.227 e. The first-order valence-corrected chi connectivity index (χ1v) is 7.86. The van der Waals surface area contributed by atoms with Gasteiger partial charge in [-0.05, 0) is 36.5 Å². The van der Waals surface area contributed by atoms with Crippen molar-refractivity contribution in [2.75, 3.05) is 11.4 Å². The largest absolute Gasteiger partial charge is 0.353 e. The molecule has 1 aliphatic heterocycles. The van der Waals surface area contributed by atoms with Gasteiger partial charge in [0.25, 0.3) is 0 Å². The second kappa shape index (κ2) is 5.88. The van der Waals surface area contributed by atoms with E-state index in [1.165, 1.54) is 0 Å². The Labute approximate surface area is 125 Å². The number of hydrogen-bond acceptors (Lipinski definition) is 2. The van der Waals surface area contributed by atoms with Crippen molar-refractivity contribution in [3.05, 3.63) is 29.8 Å². The normalized spacial score (nSPS) is 24.2. The molecule has 21 heavy (non-hydrogen) atoms. The van der Waals surface area contributed by atoms with Crippen LogP contribution in [0.3, 0.4) is 0 Å². The summed E-state index contributed by atoms with van der Waals surface area (Å²) < 4.78 is 0. The fourth-order valence-corrected chi connectivity index (χ4v) is 3.03. The monoisotopic (exact) mass is 286 g/mol. The van der Waals surface area contributed by atoms with Gasteiger partial charge in [0.1, 0.15) is 0 Å². The van der Waals surface area contributed by atoms with E-state index in [1.54, 1.807) is 0 Å². The number of benzene rings is 1. The van der Waals surface area contributed by atoms with Crippen LogP contribution in [0.4, 0.5) is 5.69 Å². The second-order valence-electron chi connectivity index (χ2n) is 6.07. The second-order valence-corrected chi connectivity index (χ2v) is 6.07. The lowest BCUT2D eigenvalue weighted by Gasteiger charge is -2.15. The highest BCUT2D eigenvalue weighted by atomic mass is 16.2. The van der Waals surface area contributed by atoms with E-state index in [0.717, 1.165) is 37.1 Å². The lowest BCUT2D eigenvalue weighted by molar-refractivity contribution is -0.120. The maximum atomic E-state index is 11.9. The number of carbonyl (C=O) groups excluding carboxylic acids is 2. The minimum Gasteiger partial charge on any atom is -0.353 e. The Hall–Kier alpha value is -1.84. The molecule has 4 nitrogen and oxygen atoms in total. The van der Waals surface area contributed by atoms with Gasteiger partial charge >= 0.3 is 0 Å². The molecule has 3 rings (SSSR count). The molecule has 0 spiro atoms. The van der Waals surface area contributed by atoms with Crippen LogP contribution < -0.4 is 10.2 Å². The predicted molar refractivity (Wildman–Crippen MR) is 82.1 cm³/mol. The van der Waals surface area contributed by atoms with Gasteiger partial charge in [-0.3, -0.25) is 9.59 Å². The molecule has 1 aromatic rings. The number of hydrogen-bond donors (Lipinski definition) is 1. The van der Waals surface area contributed by atoms with Crippen LogP contribution in [0, 0.1) is 5.92 Å². The standard InChI is InChI=1S/C17H22N2O2/c1-2-13-11-15(13)18-16(20)10-12-5-7-14(8-6-12)19-9-3-4-17(19)21/h5-8,13,15H,2-4,9-11H2,1H3,(H,18,20)/t13-,15-/m1/s1. The smallest absolute Gasteiger partial charge is 0.227 e. The zero-order valence-corrected chi connectivity index (χ0v) is 12.5. The Morgan fingerprint density at radius 3 is 2.67 bits per heavy atom. The number of anilines is 1. The zero-order chi connectivity index (χ0) is 14.8. The Morgan fingerprint density at radius 2 is 2.10 bits per heavy atom.